The molecule has 2 aliphatic rings. The molecule has 0 bridgehead atoms. The van der Waals surface area contributed by atoms with Crippen LogP contribution in [0.3, 0.4) is 0 Å². The quantitative estimate of drug-likeness (QED) is 0.792. The van der Waals surface area contributed by atoms with Crippen molar-refractivity contribution in [3.63, 3.8) is 0 Å². The Balaban J connectivity index is 1.82. The van der Waals surface area contributed by atoms with Gasteiger partial charge in [0.15, 0.2) is 0 Å². The molecule has 2 N–H and O–H groups in total. The van der Waals surface area contributed by atoms with E-state index < -0.39 is 0 Å². The average molecular weight is 242 g/mol. The molecule has 4 heteroatoms. The highest BCUT2D eigenvalue weighted by Crippen LogP contribution is 2.22. The number of hydrogen-bond donors (Lipinski definition) is 1. The first-order chi connectivity index (χ1) is 8.20. The fourth-order valence-corrected chi connectivity index (χ4v) is 2.90. The standard InChI is InChI=1S/C13H26N2O2/c1-10-3-5-15(8-13(10)16-2)7-11-9-17-6-4-12(11)14/h10-13H,3-9,14H2,1-2H3. The largest absolute Gasteiger partial charge is 0.381 e. The first-order valence-electron chi connectivity index (χ1n) is 6.79. The van der Waals surface area contributed by atoms with Crippen molar-refractivity contribution >= 4 is 0 Å². The minimum atomic E-state index is 0.309. The topological polar surface area (TPSA) is 47.7 Å². The van der Waals surface area contributed by atoms with Gasteiger partial charge in [-0.05, 0) is 25.3 Å². The number of methoxy groups -OCH3 is 1. The van der Waals surface area contributed by atoms with Gasteiger partial charge >= 0.3 is 0 Å². The van der Waals surface area contributed by atoms with Gasteiger partial charge in [0.1, 0.15) is 0 Å². The van der Waals surface area contributed by atoms with Crippen molar-refractivity contribution in [1.29, 1.82) is 0 Å². The van der Waals surface area contributed by atoms with Crippen molar-refractivity contribution < 1.29 is 9.47 Å². The molecule has 0 aromatic rings. The summed E-state index contributed by atoms with van der Waals surface area (Å²) in [6, 6.07) is 0.309. The summed E-state index contributed by atoms with van der Waals surface area (Å²) < 4.78 is 11.1. The highest BCUT2D eigenvalue weighted by Gasteiger charge is 2.30. The summed E-state index contributed by atoms with van der Waals surface area (Å²) in [4.78, 5) is 2.49. The lowest BCUT2D eigenvalue weighted by molar-refractivity contribution is -0.0257. The monoisotopic (exact) mass is 242 g/mol. The van der Waals surface area contributed by atoms with E-state index in [0.717, 1.165) is 32.7 Å². The summed E-state index contributed by atoms with van der Waals surface area (Å²) in [7, 11) is 1.82. The number of rotatable bonds is 3. The van der Waals surface area contributed by atoms with E-state index in [-0.39, 0.29) is 0 Å². The van der Waals surface area contributed by atoms with Gasteiger partial charge in [0.25, 0.3) is 0 Å². The number of ether oxygens (including phenoxy) is 2. The van der Waals surface area contributed by atoms with Crippen LogP contribution in [0.5, 0.6) is 0 Å². The smallest absolute Gasteiger partial charge is 0.0724 e. The van der Waals surface area contributed by atoms with Crippen LogP contribution in [0.25, 0.3) is 0 Å². The molecule has 0 aromatic carbocycles. The third-order valence-corrected chi connectivity index (χ3v) is 4.30. The van der Waals surface area contributed by atoms with E-state index >= 15 is 0 Å². The molecule has 2 aliphatic heterocycles. The third kappa shape index (κ3) is 3.41. The maximum atomic E-state index is 6.15. The van der Waals surface area contributed by atoms with E-state index in [4.69, 9.17) is 15.2 Å². The lowest BCUT2D eigenvalue weighted by Crippen LogP contribution is -2.50. The molecule has 2 rings (SSSR count). The summed E-state index contributed by atoms with van der Waals surface area (Å²) in [6.45, 7) is 7.21. The van der Waals surface area contributed by atoms with Crippen LogP contribution in [-0.4, -0.2) is 57.0 Å². The lowest BCUT2D eigenvalue weighted by Gasteiger charge is -2.39. The SMILES string of the molecule is COC1CN(CC2COCCC2N)CCC1C. The molecule has 4 nitrogen and oxygen atoms in total. The first kappa shape index (κ1) is 13.3. The van der Waals surface area contributed by atoms with Crippen molar-refractivity contribution in [3.8, 4) is 0 Å². The van der Waals surface area contributed by atoms with Crippen LogP contribution >= 0.6 is 0 Å². The Morgan fingerprint density at radius 1 is 1.41 bits per heavy atom. The summed E-state index contributed by atoms with van der Waals surface area (Å²) >= 11 is 0. The normalized spacial score (nSPS) is 40.4. The van der Waals surface area contributed by atoms with Crippen LogP contribution in [-0.2, 0) is 9.47 Å². The van der Waals surface area contributed by atoms with E-state index in [2.05, 4.69) is 11.8 Å². The van der Waals surface area contributed by atoms with Crippen LogP contribution < -0.4 is 5.73 Å². The van der Waals surface area contributed by atoms with Crippen LogP contribution in [0.4, 0.5) is 0 Å². The maximum absolute atomic E-state index is 6.15. The van der Waals surface area contributed by atoms with Gasteiger partial charge in [-0.15, -0.1) is 0 Å². The molecule has 4 atom stereocenters. The van der Waals surface area contributed by atoms with Crippen LogP contribution in [0.2, 0.25) is 0 Å². The predicted molar refractivity (Wildman–Crippen MR) is 67.9 cm³/mol. The molecule has 17 heavy (non-hydrogen) atoms. The van der Waals surface area contributed by atoms with Gasteiger partial charge in [-0.1, -0.05) is 6.92 Å². The molecule has 0 aromatic heterocycles. The molecule has 100 valence electrons. The van der Waals surface area contributed by atoms with Gasteiger partial charge in [-0.3, -0.25) is 0 Å². The molecular weight excluding hydrogens is 216 g/mol. The molecule has 0 saturated carbocycles. The van der Waals surface area contributed by atoms with Crippen LogP contribution in [0, 0.1) is 11.8 Å². The molecule has 2 saturated heterocycles. The van der Waals surface area contributed by atoms with Gasteiger partial charge in [-0.2, -0.15) is 0 Å². The minimum absolute atomic E-state index is 0.309. The number of piperidine rings is 1. The van der Waals surface area contributed by atoms with Crippen molar-refractivity contribution in [1.82, 2.24) is 4.90 Å². The van der Waals surface area contributed by atoms with E-state index in [1.807, 2.05) is 7.11 Å². The van der Waals surface area contributed by atoms with E-state index in [9.17, 15) is 0 Å². The van der Waals surface area contributed by atoms with Gasteiger partial charge in [0, 0.05) is 38.8 Å². The molecule has 0 spiro atoms. The lowest BCUT2D eigenvalue weighted by atomic mass is 9.92. The Bertz CT molecular complexity index is 237. The zero-order valence-corrected chi connectivity index (χ0v) is 11.1. The van der Waals surface area contributed by atoms with E-state index in [0.29, 0.717) is 24.0 Å². The highest BCUT2D eigenvalue weighted by molar-refractivity contribution is 4.84. The van der Waals surface area contributed by atoms with Crippen molar-refractivity contribution in [3.05, 3.63) is 0 Å². The van der Waals surface area contributed by atoms with Gasteiger partial charge in [0.05, 0.1) is 12.7 Å². The first-order valence-corrected chi connectivity index (χ1v) is 6.79. The molecule has 0 aliphatic carbocycles. The third-order valence-electron chi connectivity index (χ3n) is 4.30. The molecule has 2 fully saturated rings. The zero-order chi connectivity index (χ0) is 12.3. The summed E-state index contributed by atoms with van der Waals surface area (Å²) in [6.07, 6.45) is 2.61. The number of likely N-dealkylation sites (tertiary alicyclic amines) is 1. The van der Waals surface area contributed by atoms with Crippen molar-refractivity contribution in [2.24, 2.45) is 17.6 Å². The Morgan fingerprint density at radius 3 is 2.94 bits per heavy atom. The number of nitrogens with zero attached hydrogens (tertiary/aromatic N) is 1. The number of nitrogens with two attached hydrogens (primary N) is 1. The Morgan fingerprint density at radius 2 is 2.24 bits per heavy atom. The van der Waals surface area contributed by atoms with Crippen molar-refractivity contribution in [2.45, 2.75) is 31.9 Å². The second kappa shape index (κ2) is 6.14. The summed E-state index contributed by atoms with van der Waals surface area (Å²) in [5, 5.41) is 0. The summed E-state index contributed by atoms with van der Waals surface area (Å²) in [5.74, 6) is 1.17. The second-order valence-corrected chi connectivity index (χ2v) is 5.59. The molecule has 2 heterocycles. The Kier molecular flexibility index (Phi) is 4.79. The number of hydrogen-bond acceptors (Lipinski definition) is 4. The average Bonchev–Trinajstić information content (AvgIpc) is 2.34. The van der Waals surface area contributed by atoms with Crippen LogP contribution in [0.1, 0.15) is 19.8 Å². The Hall–Kier alpha value is -0.160. The van der Waals surface area contributed by atoms with E-state index in [1.54, 1.807) is 0 Å². The van der Waals surface area contributed by atoms with Crippen LogP contribution in [0.15, 0.2) is 0 Å². The fourth-order valence-electron chi connectivity index (χ4n) is 2.90. The minimum Gasteiger partial charge on any atom is -0.381 e. The van der Waals surface area contributed by atoms with Gasteiger partial charge in [-0.25, -0.2) is 0 Å². The highest BCUT2D eigenvalue weighted by atomic mass is 16.5. The van der Waals surface area contributed by atoms with Crippen molar-refractivity contribution in [2.75, 3.05) is 40.0 Å². The Labute approximate surface area is 104 Å². The maximum Gasteiger partial charge on any atom is 0.0724 e. The zero-order valence-electron chi connectivity index (χ0n) is 11.1. The predicted octanol–water partition coefficient (Wildman–Crippen LogP) is 0.707. The molecule has 0 amide bonds. The van der Waals surface area contributed by atoms with Gasteiger partial charge < -0.3 is 20.1 Å². The van der Waals surface area contributed by atoms with Gasteiger partial charge in [0.2, 0.25) is 0 Å². The summed E-state index contributed by atoms with van der Waals surface area (Å²) in [5.41, 5.74) is 6.15. The molecule has 4 unspecified atom stereocenters. The molecule has 0 radical (unpaired) electrons. The second-order valence-electron chi connectivity index (χ2n) is 5.59. The fraction of sp³-hybridized carbons (Fsp3) is 1.00. The molecular formula is C13H26N2O2. The van der Waals surface area contributed by atoms with E-state index in [1.165, 1.54) is 13.0 Å².